The van der Waals surface area contributed by atoms with Crippen molar-refractivity contribution >= 4 is 30.0 Å². The molecule has 0 aliphatic heterocycles. The summed E-state index contributed by atoms with van der Waals surface area (Å²) in [4.78, 5) is 8.80. The SMILES string of the molecule is [2H]C([2H])([2H])c1c(-c2ccc(C([2H])([2H])[Si](C)(C)C)cc2)ccc2c1oc1c(-c3nccn3-c3c(C([2H])(C)C)cccc3C([2H])(C)C)[c-]ccc12.[2H]C([2H])([2H])c1c[c-]c(-c2ccc(C([2H])([2H])[2H])cn2)cc1.[Ir]. The Morgan fingerprint density at radius 1 is 0.789 bits per heavy atom. The van der Waals surface area contributed by atoms with Crippen LogP contribution in [0.25, 0.3) is 61.4 Å². The predicted octanol–water partition coefficient (Wildman–Crippen LogP) is 14.0. The molecule has 8 aromatic rings. The quantitative estimate of drug-likeness (QED) is 0.113. The third-order valence-electron chi connectivity index (χ3n) is 9.39. The van der Waals surface area contributed by atoms with Crippen molar-refractivity contribution < 1.29 is 42.3 Å². The number of hydrogen-bond acceptors (Lipinski definition) is 3. The number of hydrogen-bond donors (Lipinski definition) is 0. The van der Waals surface area contributed by atoms with Crippen LogP contribution in [0.2, 0.25) is 19.6 Å². The molecule has 0 unspecified atom stereocenters. The number of nitrogens with zero attached hydrogens (tertiary/aromatic N) is 3. The Morgan fingerprint density at radius 3 is 2.12 bits per heavy atom. The number of fused-ring (bicyclic) bond motifs is 3. The minimum atomic E-state index is -2.52. The molecule has 293 valence electrons. The van der Waals surface area contributed by atoms with E-state index in [1.165, 1.54) is 24.4 Å². The fourth-order valence-electron chi connectivity index (χ4n) is 6.79. The first-order valence-corrected chi connectivity index (χ1v) is 22.0. The van der Waals surface area contributed by atoms with Gasteiger partial charge in [0.15, 0.2) is 0 Å². The first-order chi connectivity index (χ1) is 31.8. The zero-order chi connectivity index (χ0) is 50.9. The Balaban J connectivity index is 0.000000321. The predicted molar refractivity (Wildman–Crippen MR) is 238 cm³/mol. The van der Waals surface area contributed by atoms with Crippen LogP contribution in [-0.2, 0) is 26.1 Å². The summed E-state index contributed by atoms with van der Waals surface area (Å²) < 4.78 is 113. The van der Waals surface area contributed by atoms with Crippen molar-refractivity contribution in [3.05, 3.63) is 161 Å². The largest absolute Gasteiger partial charge is 0.500 e. The van der Waals surface area contributed by atoms with Gasteiger partial charge in [0.25, 0.3) is 0 Å². The summed E-state index contributed by atoms with van der Waals surface area (Å²) in [6.07, 6.45) is 4.78. The number of imidazole rings is 1. The molecule has 0 spiro atoms. The van der Waals surface area contributed by atoms with Crippen LogP contribution in [-0.4, -0.2) is 22.6 Å². The van der Waals surface area contributed by atoms with Crippen molar-refractivity contribution in [2.45, 2.75) is 85.7 Å². The van der Waals surface area contributed by atoms with Crippen molar-refractivity contribution in [3.63, 3.8) is 0 Å². The number of aryl methyl sites for hydroxylation is 3. The van der Waals surface area contributed by atoms with Gasteiger partial charge in [-0.3, -0.25) is 4.98 Å². The first kappa shape index (κ1) is 27.7. The summed E-state index contributed by atoms with van der Waals surface area (Å²) in [6.45, 7) is 6.39. The van der Waals surface area contributed by atoms with E-state index in [4.69, 9.17) is 27.2 Å². The molecule has 4 nitrogen and oxygen atoms in total. The maximum atomic E-state index is 8.95. The van der Waals surface area contributed by atoms with Gasteiger partial charge in [0.2, 0.25) is 0 Å². The number of furan rings is 1. The third kappa shape index (κ3) is 8.99. The van der Waals surface area contributed by atoms with Crippen molar-refractivity contribution in [1.29, 1.82) is 0 Å². The molecule has 57 heavy (non-hydrogen) atoms. The van der Waals surface area contributed by atoms with Gasteiger partial charge in [-0.1, -0.05) is 137 Å². The van der Waals surface area contributed by atoms with Crippen LogP contribution in [0.3, 0.4) is 0 Å². The number of aromatic nitrogens is 3. The summed E-state index contributed by atoms with van der Waals surface area (Å²) in [7, 11) is -2.20. The van der Waals surface area contributed by atoms with E-state index in [1.807, 2.05) is 88.4 Å². The van der Waals surface area contributed by atoms with E-state index in [2.05, 4.69) is 17.1 Å². The van der Waals surface area contributed by atoms with Crippen LogP contribution in [0.1, 0.15) is 90.7 Å². The number of benzene rings is 5. The van der Waals surface area contributed by atoms with Crippen LogP contribution >= 0.6 is 0 Å². The van der Waals surface area contributed by atoms with Crippen LogP contribution in [0.4, 0.5) is 0 Å². The molecule has 0 aliphatic rings. The van der Waals surface area contributed by atoms with E-state index in [0.717, 1.165) is 11.1 Å². The van der Waals surface area contributed by atoms with Gasteiger partial charge in [-0.25, -0.2) is 0 Å². The van der Waals surface area contributed by atoms with E-state index in [0.29, 0.717) is 61.4 Å². The normalized spacial score (nSPS) is 16.2. The number of rotatable bonds is 8. The molecule has 0 saturated carbocycles. The van der Waals surface area contributed by atoms with Gasteiger partial charge >= 0.3 is 0 Å². The molecule has 0 fully saturated rings. The standard InChI is InChI=1S/C38H41N2OSi.C13H12N.Ir/c1-24(2)29-11-9-12-30(25(3)4)35(29)40-22-21-39-38(40)34-14-10-13-32-33-20-19-31(26(5)36(33)41-37(32)34)28-17-15-27(16-18-28)23-42(6,7)8;1-10-3-6-12(7-4-10)13-8-5-11(2)9-14-13;/h9-13,15-22,24-25H,23H2,1-8H3;3-6,8-9H,1-2H3;/q2*-1;/i5D3,23D2,24D,25D;1D3,2D3;. The Morgan fingerprint density at radius 2 is 1.51 bits per heavy atom. The van der Waals surface area contributed by atoms with E-state index >= 15 is 0 Å². The van der Waals surface area contributed by atoms with Gasteiger partial charge in [-0.15, -0.1) is 53.6 Å². The summed E-state index contributed by atoms with van der Waals surface area (Å²) in [5, 5.41) is 1.36. The first-order valence-electron chi connectivity index (χ1n) is 25.0. The van der Waals surface area contributed by atoms with Crippen LogP contribution in [0.5, 0.6) is 0 Å². The van der Waals surface area contributed by atoms with Crippen molar-refractivity contribution in [2.75, 3.05) is 0 Å². The topological polar surface area (TPSA) is 43.9 Å². The molecule has 1 radical (unpaired) electrons. The van der Waals surface area contributed by atoms with Crippen molar-refractivity contribution in [3.8, 4) is 39.5 Å². The Kier molecular flexibility index (Phi) is 8.42. The molecule has 5 aromatic carbocycles. The van der Waals surface area contributed by atoms with E-state index in [9.17, 15) is 0 Å². The molecule has 8 rings (SSSR count). The molecule has 3 aromatic heterocycles. The fourth-order valence-corrected chi connectivity index (χ4v) is 7.83. The van der Waals surface area contributed by atoms with Crippen molar-refractivity contribution in [1.82, 2.24) is 14.5 Å². The zero-order valence-corrected chi connectivity index (χ0v) is 36.4. The molecular weight excluding hydrogens is 891 g/mol. The molecule has 0 N–H and O–H groups in total. The smallest absolute Gasteiger partial charge is 0.124 e. The third-order valence-corrected chi connectivity index (χ3v) is 10.4. The zero-order valence-electron chi connectivity index (χ0n) is 46.1. The summed E-state index contributed by atoms with van der Waals surface area (Å²) in [6, 6.07) is 33.8. The molecule has 3 heterocycles. The Hall–Kier alpha value is -4.87. The summed E-state index contributed by atoms with van der Waals surface area (Å²) in [5.74, 6) is -2.91. The maximum absolute atomic E-state index is 8.95. The van der Waals surface area contributed by atoms with Crippen molar-refractivity contribution in [2.24, 2.45) is 0 Å². The van der Waals surface area contributed by atoms with Crippen LogP contribution in [0, 0.1) is 32.7 Å². The summed E-state index contributed by atoms with van der Waals surface area (Å²) in [5.41, 5.74) is 6.73. The fraction of sp³-hybridized carbons (Fsp3) is 0.255. The maximum Gasteiger partial charge on any atom is 0.124 e. The van der Waals surface area contributed by atoms with E-state index in [-0.39, 0.29) is 42.4 Å². The Bertz CT molecular complexity index is 3050. The van der Waals surface area contributed by atoms with Gasteiger partial charge < -0.3 is 14.0 Å². The summed E-state index contributed by atoms with van der Waals surface area (Å²) >= 11 is 0. The Labute approximate surface area is 372 Å². The van der Waals surface area contributed by atoms with Gasteiger partial charge in [-0.05, 0) is 70.6 Å². The van der Waals surface area contributed by atoms with E-state index < -0.39 is 46.4 Å². The molecule has 6 heteroatoms. The van der Waals surface area contributed by atoms with Gasteiger partial charge in [0.05, 0.1) is 11.4 Å². The van der Waals surface area contributed by atoms with Crippen LogP contribution < -0.4 is 0 Å². The van der Waals surface area contributed by atoms with Gasteiger partial charge in [0, 0.05) is 75.7 Å². The van der Waals surface area contributed by atoms with E-state index in [1.54, 1.807) is 54.7 Å². The van der Waals surface area contributed by atoms with Gasteiger partial charge in [-0.2, -0.15) is 0 Å². The average Bonchev–Trinajstić information content (AvgIpc) is 3.90. The minimum absolute atomic E-state index is 0. The monoisotopic (exact) mass is 957 g/mol. The molecule has 0 atom stereocenters. The second-order valence-corrected chi connectivity index (χ2v) is 20.0. The second kappa shape index (κ2) is 17.3. The molecule has 0 bridgehead atoms. The average molecular weight is 957 g/mol. The van der Waals surface area contributed by atoms with Gasteiger partial charge in [0.1, 0.15) is 5.58 Å². The molecule has 0 amide bonds. The van der Waals surface area contributed by atoms with Crippen LogP contribution in [0.15, 0.2) is 120 Å². The molecular formula is C51H53IrN3OSi-2. The second-order valence-electron chi connectivity index (χ2n) is 15.3. The number of para-hydroxylation sites is 1. The molecule has 0 aliphatic carbocycles. The number of pyridine rings is 1. The molecule has 0 saturated heterocycles. The minimum Gasteiger partial charge on any atom is -0.500 e.